The molecule has 0 atom stereocenters. The van der Waals surface area contributed by atoms with Gasteiger partial charge < -0.3 is 5.32 Å². The molecule has 3 heteroatoms. The molecule has 0 aromatic rings. The lowest BCUT2D eigenvalue weighted by Gasteiger charge is -2.54. The minimum absolute atomic E-state index is 0.420. The van der Waals surface area contributed by atoms with Crippen LogP contribution in [-0.4, -0.2) is 47.6 Å². The minimum atomic E-state index is 0.420. The average molecular weight is 270 g/mol. The van der Waals surface area contributed by atoms with Crippen LogP contribution in [0.3, 0.4) is 0 Å². The van der Waals surface area contributed by atoms with Gasteiger partial charge in [0.2, 0.25) is 0 Å². The van der Waals surface area contributed by atoms with Gasteiger partial charge in [0, 0.05) is 36.5 Å². The maximum atomic E-state index is 3.95. The molecular weight excluding hydrogens is 240 g/mol. The number of hydrogen-bond donors (Lipinski definition) is 1. The first-order valence-electron chi connectivity index (χ1n) is 7.69. The zero-order valence-electron chi connectivity index (χ0n) is 12.4. The standard InChI is InChI=1S/C15H30N2S/c1-4-15(5-2)12-16-14(8-6-7-9-14)13-17(15)10-11-18-3/h16H,4-13H2,1-3H3. The lowest BCUT2D eigenvalue weighted by Crippen LogP contribution is -2.69. The third-order valence-electron chi connectivity index (χ3n) is 5.40. The second-order valence-corrected chi connectivity index (χ2v) is 7.17. The van der Waals surface area contributed by atoms with Crippen molar-refractivity contribution < 1.29 is 0 Å². The van der Waals surface area contributed by atoms with Crippen LogP contribution in [0.15, 0.2) is 0 Å². The molecular formula is C15H30N2S. The normalized spacial score (nSPS) is 26.8. The first-order valence-corrected chi connectivity index (χ1v) is 9.09. The summed E-state index contributed by atoms with van der Waals surface area (Å²) < 4.78 is 0. The first kappa shape index (κ1) is 14.7. The fourth-order valence-electron chi connectivity index (χ4n) is 3.90. The molecule has 0 bridgehead atoms. The highest BCUT2D eigenvalue weighted by Gasteiger charge is 2.46. The smallest absolute Gasteiger partial charge is 0.0330 e. The predicted octanol–water partition coefficient (Wildman–Crippen LogP) is 3.13. The molecule has 0 unspecified atom stereocenters. The number of hydrogen-bond acceptors (Lipinski definition) is 3. The van der Waals surface area contributed by atoms with Crippen molar-refractivity contribution in [2.75, 3.05) is 31.6 Å². The highest BCUT2D eigenvalue weighted by Crippen LogP contribution is 2.38. The summed E-state index contributed by atoms with van der Waals surface area (Å²) in [7, 11) is 0. The van der Waals surface area contributed by atoms with Crippen molar-refractivity contribution in [1.82, 2.24) is 10.2 Å². The zero-order valence-corrected chi connectivity index (χ0v) is 13.2. The Morgan fingerprint density at radius 3 is 2.39 bits per heavy atom. The van der Waals surface area contributed by atoms with E-state index < -0.39 is 0 Å². The third-order valence-corrected chi connectivity index (χ3v) is 5.99. The number of piperazine rings is 1. The molecule has 1 heterocycles. The van der Waals surface area contributed by atoms with Gasteiger partial charge >= 0.3 is 0 Å². The molecule has 106 valence electrons. The Bertz CT molecular complexity index is 257. The van der Waals surface area contributed by atoms with E-state index in [-0.39, 0.29) is 0 Å². The highest BCUT2D eigenvalue weighted by molar-refractivity contribution is 7.98. The van der Waals surface area contributed by atoms with Crippen LogP contribution in [0.1, 0.15) is 52.4 Å². The number of nitrogens with one attached hydrogen (secondary N) is 1. The SMILES string of the molecule is CCC1(CC)CNC2(CCCC2)CN1CCSC. The molecule has 0 aromatic heterocycles. The summed E-state index contributed by atoms with van der Waals surface area (Å²) in [5.41, 5.74) is 0.885. The molecule has 1 N–H and O–H groups in total. The van der Waals surface area contributed by atoms with Crippen LogP contribution in [-0.2, 0) is 0 Å². The largest absolute Gasteiger partial charge is 0.308 e. The van der Waals surface area contributed by atoms with Gasteiger partial charge in [0.1, 0.15) is 0 Å². The molecule has 0 amide bonds. The van der Waals surface area contributed by atoms with Gasteiger partial charge in [0.05, 0.1) is 0 Å². The van der Waals surface area contributed by atoms with Crippen molar-refractivity contribution in [2.45, 2.75) is 63.5 Å². The summed E-state index contributed by atoms with van der Waals surface area (Å²) in [6.45, 7) is 8.49. The monoisotopic (exact) mass is 270 g/mol. The number of nitrogens with zero attached hydrogens (tertiary/aromatic N) is 1. The van der Waals surface area contributed by atoms with Gasteiger partial charge in [0.25, 0.3) is 0 Å². The van der Waals surface area contributed by atoms with E-state index in [1.165, 1.54) is 63.9 Å². The Morgan fingerprint density at radius 1 is 1.17 bits per heavy atom. The maximum absolute atomic E-state index is 3.95. The number of thioether (sulfide) groups is 1. The van der Waals surface area contributed by atoms with E-state index in [9.17, 15) is 0 Å². The Balaban J connectivity index is 2.09. The van der Waals surface area contributed by atoms with E-state index in [0.29, 0.717) is 11.1 Å². The molecule has 1 saturated carbocycles. The second kappa shape index (κ2) is 6.15. The summed E-state index contributed by atoms with van der Waals surface area (Å²) in [5.74, 6) is 1.28. The zero-order chi connectivity index (χ0) is 13.1. The maximum Gasteiger partial charge on any atom is 0.0330 e. The lowest BCUT2D eigenvalue weighted by molar-refractivity contribution is 0.00491. The number of rotatable bonds is 5. The van der Waals surface area contributed by atoms with Crippen molar-refractivity contribution in [2.24, 2.45) is 0 Å². The topological polar surface area (TPSA) is 15.3 Å². The molecule has 2 aliphatic rings. The predicted molar refractivity (Wildman–Crippen MR) is 82.5 cm³/mol. The molecule has 0 radical (unpaired) electrons. The third kappa shape index (κ3) is 2.73. The molecule has 2 rings (SSSR count). The van der Waals surface area contributed by atoms with Crippen LogP contribution in [0.2, 0.25) is 0 Å². The Morgan fingerprint density at radius 2 is 1.83 bits per heavy atom. The molecule has 18 heavy (non-hydrogen) atoms. The summed E-state index contributed by atoms with van der Waals surface area (Å²) in [5, 5.41) is 3.95. The fourth-order valence-corrected chi connectivity index (χ4v) is 4.31. The van der Waals surface area contributed by atoms with Crippen molar-refractivity contribution in [1.29, 1.82) is 0 Å². The van der Waals surface area contributed by atoms with Crippen LogP contribution in [0.5, 0.6) is 0 Å². The Labute approximate surface area is 117 Å². The summed E-state index contributed by atoms with van der Waals surface area (Å²) >= 11 is 1.99. The molecule has 1 spiro atoms. The van der Waals surface area contributed by atoms with Gasteiger partial charge in [-0.1, -0.05) is 26.7 Å². The summed E-state index contributed by atoms with van der Waals surface area (Å²) in [6.07, 6.45) is 10.4. The molecule has 2 nitrogen and oxygen atoms in total. The van der Waals surface area contributed by atoms with Crippen LogP contribution >= 0.6 is 11.8 Å². The van der Waals surface area contributed by atoms with E-state index in [2.05, 4.69) is 30.3 Å². The molecule has 2 fully saturated rings. The Kier molecular flexibility index (Phi) is 5.01. The van der Waals surface area contributed by atoms with Crippen molar-refractivity contribution in [3.63, 3.8) is 0 Å². The van der Waals surface area contributed by atoms with Crippen molar-refractivity contribution >= 4 is 11.8 Å². The van der Waals surface area contributed by atoms with Gasteiger partial charge in [-0.3, -0.25) is 4.90 Å². The molecule has 1 saturated heterocycles. The van der Waals surface area contributed by atoms with Crippen molar-refractivity contribution in [3.8, 4) is 0 Å². The van der Waals surface area contributed by atoms with E-state index in [1.54, 1.807) is 0 Å². The fraction of sp³-hybridized carbons (Fsp3) is 1.00. The minimum Gasteiger partial charge on any atom is -0.308 e. The highest BCUT2D eigenvalue weighted by atomic mass is 32.2. The van der Waals surface area contributed by atoms with E-state index in [0.717, 1.165) is 0 Å². The van der Waals surface area contributed by atoms with Gasteiger partial charge in [-0.05, 0) is 31.9 Å². The molecule has 0 aromatic carbocycles. The quantitative estimate of drug-likeness (QED) is 0.826. The van der Waals surface area contributed by atoms with Crippen LogP contribution < -0.4 is 5.32 Å². The van der Waals surface area contributed by atoms with Gasteiger partial charge in [-0.25, -0.2) is 0 Å². The van der Waals surface area contributed by atoms with E-state index in [4.69, 9.17) is 0 Å². The second-order valence-electron chi connectivity index (χ2n) is 6.19. The van der Waals surface area contributed by atoms with E-state index >= 15 is 0 Å². The summed E-state index contributed by atoms with van der Waals surface area (Å²) in [4.78, 5) is 2.82. The summed E-state index contributed by atoms with van der Waals surface area (Å²) in [6, 6.07) is 0. The van der Waals surface area contributed by atoms with Gasteiger partial charge in [0.15, 0.2) is 0 Å². The lowest BCUT2D eigenvalue weighted by atomic mass is 9.82. The van der Waals surface area contributed by atoms with Gasteiger partial charge in [-0.2, -0.15) is 11.8 Å². The Hall–Kier alpha value is 0.270. The average Bonchev–Trinajstić information content (AvgIpc) is 2.86. The van der Waals surface area contributed by atoms with Crippen molar-refractivity contribution in [3.05, 3.63) is 0 Å². The van der Waals surface area contributed by atoms with Gasteiger partial charge in [-0.15, -0.1) is 0 Å². The first-order chi connectivity index (χ1) is 8.70. The van der Waals surface area contributed by atoms with Crippen LogP contribution in [0.4, 0.5) is 0 Å². The van der Waals surface area contributed by atoms with E-state index in [1.807, 2.05) is 11.8 Å². The van der Waals surface area contributed by atoms with Crippen LogP contribution in [0.25, 0.3) is 0 Å². The molecule has 1 aliphatic carbocycles. The molecule has 1 aliphatic heterocycles. The van der Waals surface area contributed by atoms with Crippen LogP contribution in [0, 0.1) is 0 Å².